The lowest BCUT2D eigenvalue weighted by atomic mass is 10.2. The summed E-state index contributed by atoms with van der Waals surface area (Å²) in [6.45, 7) is 4.23. The molecule has 0 aliphatic rings. The monoisotopic (exact) mass is 281 g/mol. The number of rotatable bonds is 7. The molecule has 0 heterocycles. The van der Waals surface area contributed by atoms with Crippen molar-refractivity contribution in [2.45, 2.75) is 26.3 Å². The maximum absolute atomic E-state index is 11.4. The number of methoxy groups -OCH3 is 1. The summed E-state index contributed by atoms with van der Waals surface area (Å²) in [5, 5.41) is 16.6. The Morgan fingerprint density at radius 2 is 2.15 bits per heavy atom. The highest BCUT2D eigenvalue weighted by Crippen LogP contribution is 2.29. The van der Waals surface area contributed by atoms with Crippen molar-refractivity contribution in [2.75, 3.05) is 19.0 Å². The molecule has 0 fully saturated rings. The second kappa shape index (κ2) is 7.32. The number of carbonyl (C=O) groups excluding carboxylic acids is 1. The van der Waals surface area contributed by atoms with Crippen molar-refractivity contribution in [2.24, 2.45) is 0 Å². The van der Waals surface area contributed by atoms with Crippen LogP contribution in [-0.2, 0) is 4.79 Å². The van der Waals surface area contributed by atoms with Crippen molar-refractivity contribution >= 4 is 17.3 Å². The molecule has 110 valence electrons. The number of hydrogen-bond acceptors (Lipinski definition) is 5. The SMILES string of the molecule is COc1cc(NCCC(=O)NC(C)C)ccc1[N+](=O)[O-]. The first-order valence-electron chi connectivity index (χ1n) is 6.29. The molecule has 0 aromatic heterocycles. The topological polar surface area (TPSA) is 93.5 Å². The fraction of sp³-hybridized carbons (Fsp3) is 0.462. The Balaban J connectivity index is 2.57. The number of amides is 1. The van der Waals surface area contributed by atoms with E-state index in [-0.39, 0.29) is 23.4 Å². The van der Waals surface area contributed by atoms with Crippen molar-refractivity contribution in [1.82, 2.24) is 5.32 Å². The number of hydrogen-bond donors (Lipinski definition) is 2. The zero-order chi connectivity index (χ0) is 15.1. The average molecular weight is 281 g/mol. The molecule has 0 radical (unpaired) electrons. The van der Waals surface area contributed by atoms with Gasteiger partial charge in [-0.15, -0.1) is 0 Å². The van der Waals surface area contributed by atoms with Gasteiger partial charge in [-0.25, -0.2) is 0 Å². The van der Waals surface area contributed by atoms with Crippen LogP contribution in [0.4, 0.5) is 11.4 Å². The molecule has 0 saturated carbocycles. The van der Waals surface area contributed by atoms with E-state index in [0.29, 0.717) is 18.7 Å². The van der Waals surface area contributed by atoms with Gasteiger partial charge >= 0.3 is 5.69 Å². The van der Waals surface area contributed by atoms with Crippen molar-refractivity contribution in [3.05, 3.63) is 28.3 Å². The van der Waals surface area contributed by atoms with E-state index in [1.165, 1.54) is 13.2 Å². The summed E-state index contributed by atoms with van der Waals surface area (Å²) in [6, 6.07) is 4.61. The molecular weight excluding hydrogens is 262 g/mol. The van der Waals surface area contributed by atoms with Gasteiger partial charge in [0.05, 0.1) is 12.0 Å². The molecule has 1 amide bonds. The minimum atomic E-state index is -0.501. The number of benzene rings is 1. The van der Waals surface area contributed by atoms with Gasteiger partial charge in [0.25, 0.3) is 0 Å². The van der Waals surface area contributed by atoms with E-state index in [9.17, 15) is 14.9 Å². The molecule has 1 rings (SSSR count). The lowest BCUT2D eigenvalue weighted by molar-refractivity contribution is -0.385. The Hall–Kier alpha value is -2.31. The first-order chi connectivity index (χ1) is 9.43. The molecule has 1 aromatic carbocycles. The van der Waals surface area contributed by atoms with Gasteiger partial charge in [-0.05, 0) is 19.9 Å². The van der Waals surface area contributed by atoms with Crippen LogP contribution >= 0.6 is 0 Å². The highest BCUT2D eigenvalue weighted by molar-refractivity contribution is 5.76. The highest BCUT2D eigenvalue weighted by atomic mass is 16.6. The number of nitro benzene ring substituents is 1. The Morgan fingerprint density at radius 3 is 2.70 bits per heavy atom. The van der Waals surface area contributed by atoms with Crippen LogP contribution < -0.4 is 15.4 Å². The fourth-order valence-corrected chi connectivity index (χ4v) is 1.65. The largest absolute Gasteiger partial charge is 0.490 e. The number of ether oxygens (including phenoxy) is 1. The number of nitrogens with one attached hydrogen (secondary N) is 2. The zero-order valence-corrected chi connectivity index (χ0v) is 11.8. The minimum Gasteiger partial charge on any atom is -0.490 e. The smallest absolute Gasteiger partial charge is 0.311 e. The molecule has 1 aromatic rings. The average Bonchev–Trinajstić information content (AvgIpc) is 2.37. The predicted octanol–water partition coefficient (Wildman–Crippen LogP) is 1.93. The molecule has 0 aliphatic carbocycles. The van der Waals surface area contributed by atoms with Gasteiger partial charge in [0.15, 0.2) is 5.75 Å². The van der Waals surface area contributed by atoms with E-state index in [1.54, 1.807) is 12.1 Å². The molecule has 7 heteroatoms. The lowest BCUT2D eigenvalue weighted by Gasteiger charge is -2.10. The first kappa shape index (κ1) is 15.7. The third-order valence-corrected chi connectivity index (χ3v) is 2.51. The van der Waals surface area contributed by atoms with E-state index in [4.69, 9.17) is 4.74 Å². The number of anilines is 1. The lowest BCUT2D eigenvalue weighted by Crippen LogP contribution is -2.31. The van der Waals surface area contributed by atoms with Gasteiger partial charge in [0, 0.05) is 36.8 Å². The third-order valence-electron chi connectivity index (χ3n) is 2.51. The first-order valence-corrected chi connectivity index (χ1v) is 6.29. The summed E-state index contributed by atoms with van der Waals surface area (Å²) in [5.74, 6) is 0.146. The Bertz CT molecular complexity index is 489. The van der Waals surface area contributed by atoms with E-state index in [0.717, 1.165) is 0 Å². The van der Waals surface area contributed by atoms with E-state index >= 15 is 0 Å². The van der Waals surface area contributed by atoms with Gasteiger partial charge in [0.1, 0.15) is 0 Å². The van der Waals surface area contributed by atoms with E-state index < -0.39 is 4.92 Å². The molecule has 0 aliphatic heterocycles. The summed E-state index contributed by atoms with van der Waals surface area (Å²) in [7, 11) is 1.38. The number of nitrogens with zero attached hydrogens (tertiary/aromatic N) is 1. The van der Waals surface area contributed by atoms with E-state index in [2.05, 4.69) is 10.6 Å². The van der Waals surface area contributed by atoms with Crippen LogP contribution in [0.25, 0.3) is 0 Å². The van der Waals surface area contributed by atoms with Gasteiger partial charge in [-0.2, -0.15) is 0 Å². The van der Waals surface area contributed by atoms with Crippen LogP contribution in [-0.4, -0.2) is 30.5 Å². The van der Waals surface area contributed by atoms with Crippen molar-refractivity contribution < 1.29 is 14.5 Å². The van der Waals surface area contributed by atoms with E-state index in [1.807, 2.05) is 13.8 Å². The molecular formula is C13H19N3O4. The molecule has 0 unspecified atom stereocenters. The minimum absolute atomic E-state index is 0.0404. The highest BCUT2D eigenvalue weighted by Gasteiger charge is 2.14. The van der Waals surface area contributed by atoms with Crippen LogP contribution in [0.3, 0.4) is 0 Å². The van der Waals surface area contributed by atoms with Crippen molar-refractivity contribution in [3.8, 4) is 5.75 Å². The Labute approximate surface area is 117 Å². The molecule has 0 saturated heterocycles. The summed E-state index contributed by atoms with van der Waals surface area (Å²) in [5.41, 5.74) is 0.584. The van der Waals surface area contributed by atoms with Crippen LogP contribution in [0, 0.1) is 10.1 Å². The second-order valence-corrected chi connectivity index (χ2v) is 4.54. The second-order valence-electron chi connectivity index (χ2n) is 4.54. The summed E-state index contributed by atoms with van der Waals surface area (Å²) >= 11 is 0. The van der Waals surface area contributed by atoms with Crippen LogP contribution in [0.5, 0.6) is 5.75 Å². The summed E-state index contributed by atoms with van der Waals surface area (Å²) in [4.78, 5) is 21.7. The number of nitro groups is 1. The van der Waals surface area contributed by atoms with Crippen LogP contribution in [0.15, 0.2) is 18.2 Å². The third kappa shape index (κ3) is 4.75. The standard InChI is InChI=1S/C13H19N3O4/c1-9(2)15-13(17)6-7-14-10-4-5-11(16(18)19)12(8-10)20-3/h4-5,8-9,14H,6-7H2,1-3H3,(H,15,17). The maximum atomic E-state index is 11.4. The van der Waals surface area contributed by atoms with Crippen molar-refractivity contribution in [3.63, 3.8) is 0 Å². The molecule has 0 bridgehead atoms. The van der Waals surface area contributed by atoms with Gasteiger partial charge in [-0.3, -0.25) is 14.9 Å². The quantitative estimate of drug-likeness (QED) is 0.588. The summed E-state index contributed by atoms with van der Waals surface area (Å²) < 4.78 is 4.97. The normalized spacial score (nSPS) is 10.2. The fourth-order valence-electron chi connectivity index (χ4n) is 1.65. The molecule has 0 spiro atoms. The van der Waals surface area contributed by atoms with Crippen LogP contribution in [0.2, 0.25) is 0 Å². The number of carbonyl (C=O) groups is 1. The maximum Gasteiger partial charge on any atom is 0.311 e. The van der Waals surface area contributed by atoms with Crippen LogP contribution in [0.1, 0.15) is 20.3 Å². The van der Waals surface area contributed by atoms with Gasteiger partial charge < -0.3 is 15.4 Å². The Morgan fingerprint density at radius 1 is 1.45 bits per heavy atom. The predicted molar refractivity (Wildman–Crippen MR) is 76.0 cm³/mol. The summed E-state index contributed by atoms with van der Waals surface area (Å²) in [6.07, 6.45) is 0.331. The van der Waals surface area contributed by atoms with Gasteiger partial charge in [-0.1, -0.05) is 0 Å². The molecule has 20 heavy (non-hydrogen) atoms. The molecule has 7 nitrogen and oxygen atoms in total. The zero-order valence-electron chi connectivity index (χ0n) is 11.8. The van der Waals surface area contributed by atoms with Crippen molar-refractivity contribution in [1.29, 1.82) is 0 Å². The Kier molecular flexibility index (Phi) is 5.76. The molecule has 2 N–H and O–H groups in total. The molecule has 0 atom stereocenters. The van der Waals surface area contributed by atoms with Gasteiger partial charge in [0.2, 0.25) is 5.91 Å².